The minimum atomic E-state index is -0.755. The number of rotatable bonds is 3. The SMILES string of the molecule is O=C1CN(c2c(O)cc(CN3CCC(F)CC3)cc2F)NN1. The molecule has 2 fully saturated rings. The normalized spacial score (nSPS) is 20.5. The number of alkyl halides is 1. The predicted octanol–water partition coefficient (Wildman–Crippen LogP) is 0.821. The van der Waals surface area contributed by atoms with Gasteiger partial charge in [-0.2, -0.15) is 0 Å². The van der Waals surface area contributed by atoms with Gasteiger partial charge in [0.05, 0.1) is 0 Å². The number of amides is 1. The van der Waals surface area contributed by atoms with Crippen molar-refractivity contribution in [1.82, 2.24) is 15.9 Å². The third-order valence-electron chi connectivity index (χ3n) is 3.93. The lowest BCUT2D eigenvalue weighted by Gasteiger charge is -2.28. The molecule has 3 rings (SSSR count). The van der Waals surface area contributed by atoms with Crippen LogP contribution < -0.4 is 16.0 Å². The van der Waals surface area contributed by atoms with E-state index >= 15 is 0 Å². The lowest BCUT2D eigenvalue weighted by Crippen LogP contribution is -2.37. The molecular weight excluding hydrogens is 294 g/mol. The predicted molar refractivity (Wildman–Crippen MR) is 76.1 cm³/mol. The Kier molecular flexibility index (Phi) is 4.12. The Bertz CT molecular complexity index is 553. The fraction of sp³-hybridized carbons (Fsp3) is 0.500. The summed E-state index contributed by atoms with van der Waals surface area (Å²) in [5.41, 5.74) is 5.37. The highest BCUT2D eigenvalue weighted by molar-refractivity contribution is 5.84. The van der Waals surface area contributed by atoms with E-state index in [0.29, 0.717) is 38.0 Å². The van der Waals surface area contributed by atoms with Crippen molar-refractivity contribution in [2.45, 2.75) is 25.6 Å². The molecule has 1 amide bonds. The number of likely N-dealkylation sites (tertiary alicyclic amines) is 1. The number of halogens is 2. The maximum atomic E-state index is 14.2. The number of aromatic hydroxyl groups is 1. The average molecular weight is 312 g/mol. The molecule has 0 spiro atoms. The number of benzene rings is 1. The summed E-state index contributed by atoms with van der Waals surface area (Å²) in [6, 6.07) is 2.81. The summed E-state index contributed by atoms with van der Waals surface area (Å²) in [5, 5.41) is 11.3. The van der Waals surface area contributed by atoms with E-state index in [1.54, 1.807) is 0 Å². The molecule has 6 nitrogen and oxygen atoms in total. The molecule has 2 heterocycles. The van der Waals surface area contributed by atoms with Gasteiger partial charge in [0.15, 0.2) is 5.82 Å². The number of carbonyl (C=O) groups is 1. The number of hydrogen-bond acceptors (Lipinski definition) is 5. The molecule has 2 saturated heterocycles. The van der Waals surface area contributed by atoms with Crippen LogP contribution in [0.15, 0.2) is 12.1 Å². The molecule has 2 aliphatic rings. The maximum Gasteiger partial charge on any atom is 0.256 e. The number of anilines is 1. The fourth-order valence-corrected chi connectivity index (χ4v) is 2.80. The van der Waals surface area contributed by atoms with Gasteiger partial charge in [-0.3, -0.25) is 20.1 Å². The molecule has 0 saturated carbocycles. The fourth-order valence-electron chi connectivity index (χ4n) is 2.80. The standard InChI is InChI=1S/C14H18F2N4O2/c15-10-1-3-19(4-2-10)7-9-5-11(16)14(12(21)6-9)20-8-13(22)17-18-20/h5-6,10,18,21H,1-4,7-8H2,(H,17,22). The van der Waals surface area contributed by atoms with E-state index in [1.165, 1.54) is 17.1 Å². The van der Waals surface area contributed by atoms with Crippen molar-refractivity contribution in [1.29, 1.82) is 0 Å². The summed E-state index contributed by atoms with van der Waals surface area (Å²) in [4.78, 5) is 13.2. The number of phenolic OH excluding ortho intramolecular Hbond substituents is 1. The van der Waals surface area contributed by atoms with Crippen LogP contribution in [0.4, 0.5) is 14.5 Å². The number of piperidine rings is 1. The molecule has 0 aromatic heterocycles. The van der Waals surface area contributed by atoms with Gasteiger partial charge in [0.25, 0.3) is 5.91 Å². The highest BCUT2D eigenvalue weighted by Gasteiger charge is 2.25. The first-order valence-electron chi connectivity index (χ1n) is 7.23. The number of nitrogens with one attached hydrogen (secondary N) is 2. The van der Waals surface area contributed by atoms with Crippen molar-refractivity contribution in [2.24, 2.45) is 0 Å². The van der Waals surface area contributed by atoms with E-state index in [0.717, 1.165) is 0 Å². The van der Waals surface area contributed by atoms with E-state index < -0.39 is 12.0 Å². The van der Waals surface area contributed by atoms with E-state index in [1.807, 2.05) is 4.90 Å². The monoisotopic (exact) mass is 312 g/mol. The van der Waals surface area contributed by atoms with Gasteiger partial charge in [0, 0.05) is 19.6 Å². The van der Waals surface area contributed by atoms with Crippen LogP contribution in [0, 0.1) is 5.82 Å². The van der Waals surface area contributed by atoms with Crippen LogP contribution in [0.3, 0.4) is 0 Å². The summed E-state index contributed by atoms with van der Waals surface area (Å²) in [6.07, 6.45) is 0.214. The minimum Gasteiger partial charge on any atom is -0.506 e. The van der Waals surface area contributed by atoms with Crippen LogP contribution in [0.2, 0.25) is 0 Å². The Morgan fingerprint density at radius 3 is 2.64 bits per heavy atom. The van der Waals surface area contributed by atoms with Crippen LogP contribution in [-0.4, -0.2) is 41.7 Å². The minimum absolute atomic E-state index is 0.0652. The Balaban J connectivity index is 1.73. The van der Waals surface area contributed by atoms with Crippen LogP contribution in [0.25, 0.3) is 0 Å². The second-order valence-electron chi connectivity index (χ2n) is 5.64. The smallest absolute Gasteiger partial charge is 0.256 e. The van der Waals surface area contributed by atoms with Gasteiger partial charge in [-0.15, -0.1) is 5.53 Å². The first-order chi connectivity index (χ1) is 10.5. The third-order valence-corrected chi connectivity index (χ3v) is 3.93. The summed E-state index contributed by atoms with van der Waals surface area (Å²) in [5.74, 6) is -1.16. The summed E-state index contributed by atoms with van der Waals surface area (Å²) >= 11 is 0. The molecule has 8 heteroatoms. The van der Waals surface area contributed by atoms with E-state index in [-0.39, 0.29) is 23.9 Å². The number of hydrazine groups is 2. The molecular formula is C14H18F2N4O2. The van der Waals surface area contributed by atoms with Crippen molar-refractivity contribution >= 4 is 11.6 Å². The van der Waals surface area contributed by atoms with Crippen molar-refractivity contribution in [3.05, 3.63) is 23.5 Å². The highest BCUT2D eigenvalue weighted by Crippen LogP contribution is 2.32. The van der Waals surface area contributed by atoms with E-state index in [4.69, 9.17) is 0 Å². The van der Waals surface area contributed by atoms with Gasteiger partial charge >= 0.3 is 0 Å². The van der Waals surface area contributed by atoms with Gasteiger partial charge in [0.1, 0.15) is 24.2 Å². The largest absolute Gasteiger partial charge is 0.506 e. The number of hydrogen-bond donors (Lipinski definition) is 3. The van der Waals surface area contributed by atoms with E-state index in [2.05, 4.69) is 11.0 Å². The number of nitrogens with zero attached hydrogens (tertiary/aromatic N) is 2. The van der Waals surface area contributed by atoms with Crippen molar-refractivity contribution in [3.63, 3.8) is 0 Å². The summed E-state index contributed by atoms with van der Waals surface area (Å²) < 4.78 is 27.4. The topological polar surface area (TPSA) is 67.8 Å². The molecule has 2 aliphatic heterocycles. The van der Waals surface area contributed by atoms with Crippen LogP contribution in [0.5, 0.6) is 5.75 Å². The Morgan fingerprint density at radius 2 is 2.05 bits per heavy atom. The zero-order chi connectivity index (χ0) is 15.7. The molecule has 0 bridgehead atoms. The van der Waals surface area contributed by atoms with Crippen molar-refractivity contribution in [3.8, 4) is 5.75 Å². The quantitative estimate of drug-likeness (QED) is 0.771. The Morgan fingerprint density at radius 1 is 1.32 bits per heavy atom. The molecule has 1 aromatic carbocycles. The van der Waals surface area contributed by atoms with Gasteiger partial charge in [-0.25, -0.2) is 8.78 Å². The lowest BCUT2D eigenvalue weighted by atomic mass is 10.1. The van der Waals surface area contributed by atoms with Crippen LogP contribution in [-0.2, 0) is 11.3 Å². The first-order valence-corrected chi connectivity index (χ1v) is 7.23. The molecule has 0 unspecified atom stereocenters. The maximum absolute atomic E-state index is 14.2. The summed E-state index contributed by atoms with van der Waals surface area (Å²) in [7, 11) is 0. The lowest BCUT2D eigenvalue weighted by molar-refractivity contribution is -0.118. The van der Waals surface area contributed by atoms with Crippen LogP contribution in [0.1, 0.15) is 18.4 Å². The van der Waals surface area contributed by atoms with Crippen molar-refractivity contribution < 1.29 is 18.7 Å². The zero-order valence-corrected chi connectivity index (χ0v) is 12.0. The molecule has 0 atom stereocenters. The van der Waals surface area contributed by atoms with Crippen LogP contribution >= 0.6 is 0 Å². The van der Waals surface area contributed by atoms with Gasteiger partial charge in [-0.05, 0) is 30.5 Å². The van der Waals surface area contributed by atoms with Gasteiger partial charge in [0.2, 0.25) is 0 Å². The van der Waals surface area contributed by atoms with Gasteiger partial charge < -0.3 is 5.11 Å². The van der Waals surface area contributed by atoms with Gasteiger partial charge in [-0.1, -0.05) is 0 Å². The number of phenols is 1. The second-order valence-corrected chi connectivity index (χ2v) is 5.64. The second kappa shape index (κ2) is 6.05. The summed E-state index contributed by atoms with van der Waals surface area (Å²) in [6.45, 7) is 1.63. The molecule has 120 valence electrons. The first kappa shape index (κ1) is 15.0. The number of carbonyl (C=O) groups excluding carboxylic acids is 1. The molecule has 22 heavy (non-hydrogen) atoms. The van der Waals surface area contributed by atoms with E-state index in [9.17, 15) is 18.7 Å². The molecule has 1 aromatic rings. The Hall–Kier alpha value is -1.93. The third kappa shape index (κ3) is 3.12. The molecule has 0 aliphatic carbocycles. The van der Waals surface area contributed by atoms with Crippen molar-refractivity contribution in [2.75, 3.05) is 24.6 Å². The zero-order valence-electron chi connectivity index (χ0n) is 12.0. The average Bonchev–Trinajstić information content (AvgIpc) is 2.87. The Labute approximate surface area is 126 Å². The highest BCUT2D eigenvalue weighted by atomic mass is 19.1. The molecule has 0 radical (unpaired) electrons. The molecule has 3 N–H and O–H groups in total.